The molecule has 0 saturated carbocycles. The smallest absolute Gasteiger partial charge is 0.306 e. The molecule has 0 aliphatic rings. The van der Waals surface area contributed by atoms with Crippen molar-refractivity contribution in [2.75, 3.05) is 27.7 Å². The van der Waals surface area contributed by atoms with Gasteiger partial charge in [-0.05, 0) is 6.42 Å². The third kappa shape index (κ3) is 24.3. The second-order valence-corrected chi connectivity index (χ2v) is 11.7. The van der Waals surface area contributed by atoms with Crippen LogP contribution in [0.15, 0.2) is 0 Å². The molecule has 2 N–H and O–H groups in total. The number of hydrogen-bond acceptors (Lipinski definition) is 2. The number of quaternary nitrogens is 1. The Bertz CT molecular complexity index is 447. The van der Waals surface area contributed by atoms with Crippen LogP contribution in [0.4, 0.5) is 0 Å². The molecule has 198 valence electrons. The van der Waals surface area contributed by atoms with Crippen LogP contribution in [0.25, 0.3) is 0 Å². The minimum Gasteiger partial charge on any atom is -0.481 e. The number of aliphatic hydroxyl groups is 1. The average molecular weight is 471 g/mol. The number of carboxylic acids is 1. The summed E-state index contributed by atoms with van der Waals surface area (Å²) < 4.78 is 0.586. The van der Waals surface area contributed by atoms with Gasteiger partial charge in [0.05, 0.1) is 27.6 Å². The van der Waals surface area contributed by atoms with E-state index >= 15 is 0 Å². The molecule has 0 bridgehead atoms. The highest BCUT2D eigenvalue weighted by Crippen LogP contribution is 2.23. The van der Waals surface area contributed by atoms with Gasteiger partial charge >= 0.3 is 5.97 Å². The van der Waals surface area contributed by atoms with E-state index in [4.69, 9.17) is 5.11 Å². The van der Waals surface area contributed by atoms with Gasteiger partial charge < -0.3 is 14.7 Å². The molecule has 0 saturated heterocycles. The van der Waals surface area contributed by atoms with E-state index in [2.05, 4.69) is 6.92 Å². The quantitative estimate of drug-likeness (QED) is 0.105. The van der Waals surface area contributed by atoms with Crippen LogP contribution in [0.3, 0.4) is 0 Å². The van der Waals surface area contributed by atoms with Gasteiger partial charge in [0.15, 0.2) is 0 Å². The van der Waals surface area contributed by atoms with Crippen molar-refractivity contribution >= 4 is 5.97 Å². The first kappa shape index (κ1) is 32.4. The first-order valence-corrected chi connectivity index (χ1v) is 14.4. The zero-order valence-electron chi connectivity index (χ0n) is 23.0. The van der Waals surface area contributed by atoms with Gasteiger partial charge in [-0.1, -0.05) is 135 Å². The number of rotatable bonds is 25. The lowest BCUT2D eigenvalue weighted by molar-refractivity contribution is -0.877. The van der Waals surface area contributed by atoms with Crippen molar-refractivity contribution in [3.8, 4) is 0 Å². The Hall–Kier alpha value is -0.610. The SMILES string of the molecule is CCCCCCCCCCCCCCCCCCCCCCC(O)(CC(=O)O)C[N+](C)(C)C. The molecule has 0 aromatic carbocycles. The highest BCUT2D eigenvalue weighted by atomic mass is 16.4. The Balaban J connectivity index is 3.44. The van der Waals surface area contributed by atoms with E-state index < -0.39 is 11.6 Å². The summed E-state index contributed by atoms with van der Waals surface area (Å²) in [5.41, 5.74) is -1.08. The first-order valence-electron chi connectivity index (χ1n) is 14.4. The fraction of sp³-hybridized carbons (Fsp3) is 0.966. The summed E-state index contributed by atoms with van der Waals surface area (Å²) in [5, 5.41) is 19.9. The van der Waals surface area contributed by atoms with Crippen LogP contribution in [0.5, 0.6) is 0 Å². The van der Waals surface area contributed by atoms with Crippen LogP contribution < -0.4 is 0 Å². The molecule has 0 heterocycles. The summed E-state index contributed by atoms with van der Waals surface area (Å²) in [6.07, 6.45) is 27.5. The topological polar surface area (TPSA) is 57.5 Å². The molecule has 0 aromatic rings. The molecule has 4 heteroatoms. The summed E-state index contributed by atoms with van der Waals surface area (Å²) in [5.74, 6) is -0.904. The summed E-state index contributed by atoms with van der Waals surface area (Å²) in [6, 6.07) is 0. The fourth-order valence-electron chi connectivity index (χ4n) is 5.10. The maximum absolute atomic E-state index is 11.1. The van der Waals surface area contributed by atoms with Gasteiger partial charge in [0.25, 0.3) is 0 Å². The summed E-state index contributed by atoms with van der Waals surface area (Å²) in [7, 11) is 6.01. The first-order chi connectivity index (χ1) is 15.7. The van der Waals surface area contributed by atoms with Gasteiger partial charge in [0.2, 0.25) is 0 Å². The number of unbranched alkanes of at least 4 members (excludes halogenated alkanes) is 19. The van der Waals surface area contributed by atoms with E-state index in [-0.39, 0.29) is 6.42 Å². The third-order valence-corrected chi connectivity index (χ3v) is 6.74. The molecule has 4 nitrogen and oxygen atoms in total. The van der Waals surface area contributed by atoms with Crippen molar-refractivity contribution in [1.82, 2.24) is 0 Å². The van der Waals surface area contributed by atoms with Crippen molar-refractivity contribution in [1.29, 1.82) is 0 Å². The van der Waals surface area contributed by atoms with E-state index in [1.165, 1.54) is 116 Å². The normalized spacial score (nSPS) is 13.8. The van der Waals surface area contributed by atoms with E-state index in [0.717, 1.165) is 12.8 Å². The predicted molar refractivity (Wildman–Crippen MR) is 143 cm³/mol. The Labute approximate surface area is 207 Å². The lowest BCUT2D eigenvalue weighted by Crippen LogP contribution is -2.50. The van der Waals surface area contributed by atoms with Crippen molar-refractivity contribution < 1.29 is 19.5 Å². The molecule has 0 amide bonds. The van der Waals surface area contributed by atoms with Gasteiger partial charge in [-0.15, -0.1) is 0 Å². The van der Waals surface area contributed by atoms with Gasteiger partial charge in [-0.2, -0.15) is 0 Å². The van der Waals surface area contributed by atoms with E-state index in [9.17, 15) is 9.90 Å². The Morgan fingerprint density at radius 3 is 1.18 bits per heavy atom. The number of nitrogens with zero attached hydrogens (tertiary/aromatic N) is 1. The molecular formula is C29H60NO3+. The molecule has 0 fully saturated rings. The van der Waals surface area contributed by atoms with Crippen LogP contribution in [0.2, 0.25) is 0 Å². The highest BCUT2D eigenvalue weighted by molar-refractivity contribution is 5.68. The van der Waals surface area contributed by atoms with Crippen LogP contribution in [-0.4, -0.2) is 54.0 Å². The van der Waals surface area contributed by atoms with Crippen molar-refractivity contribution in [2.45, 2.75) is 154 Å². The molecule has 0 aliphatic heterocycles. The van der Waals surface area contributed by atoms with Gasteiger partial charge in [-0.25, -0.2) is 0 Å². The second kappa shape index (κ2) is 20.7. The minimum atomic E-state index is -1.08. The third-order valence-electron chi connectivity index (χ3n) is 6.74. The summed E-state index contributed by atoms with van der Waals surface area (Å²) in [4.78, 5) is 11.1. The van der Waals surface area contributed by atoms with E-state index in [0.29, 0.717) is 17.4 Å². The number of hydrogen-bond donors (Lipinski definition) is 2. The highest BCUT2D eigenvalue weighted by Gasteiger charge is 2.35. The number of carbonyl (C=O) groups is 1. The molecule has 0 radical (unpaired) electrons. The Morgan fingerprint density at radius 2 is 0.909 bits per heavy atom. The van der Waals surface area contributed by atoms with E-state index in [1.807, 2.05) is 21.1 Å². The second-order valence-electron chi connectivity index (χ2n) is 11.7. The largest absolute Gasteiger partial charge is 0.481 e. The zero-order valence-corrected chi connectivity index (χ0v) is 23.0. The number of aliphatic carboxylic acids is 1. The molecule has 0 aliphatic carbocycles. The summed E-state index contributed by atoms with van der Waals surface area (Å²) >= 11 is 0. The van der Waals surface area contributed by atoms with E-state index in [1.54, 1.807) is 0 Å². The average Bonchev–Trinajstić information content (AvgIpc) is 2.70. The minimum absolute atomic E-state index is 0.151. The van der Waals surface area contributed by atoms with Crippen molar-refractivity contribution in [2.24, 2.45) is 0 Å². The Morgan fingerprint density at radius 1 is 0.606 bits per heavy atom. The van der Waals surface area contributed by atoms with Crippen LogP contribution in [0, 0.1) is 0 Å². The zero-order chi connectivity index (χ0) is 24.8. The van der Waals surface area contributed by atoms with Gasteiger partial charge in [-0.3, -0.25) is 4.79 Å². The lowest BCUT2D eigenvalue weighted by atomic mass is 9.91. The lowest BCUT2D eigenvalue weighted by Gasteiger charge is -2.34. The van der Waals surface area contributed by atoms with Crippen LogP contribution in [-0.2, 0) is 4.79 Å². The molecule has 1 unspecified atom stereocenters. The van der Waals surface area contributed by atoms with Gasteiger partial charge in [0, 0.05) is 0 Å². The molecule has 33 heavy (non-hydrogen) atoms. The summed E-state index contributed by atoms with van der Waals surface area (Å²) in [6.45, 7) is 2.77. The monoisotopic (exact) mass is 470 g/mol. The number of carboxylic acid groups (broad SMARTS) is 1. The molecule has 0 spiro atoms. The predicted octanol–water partition coefficient (Wildman–Crippen LogP) is 8.11. The van der Waals surface area contributed by atoms with Crippen molar-refractivity contribution in [3.05, 3.63) is 0 Å². The molecule has 1 atom stereocenters. The Kier molecular flexibility index (Phi) is 20.4. The van der Waals surface area contributed by atoms with Crippen molar-refractivity contribution in [3.63, 3.8) is 0 Å². The molecular weight excluding hydrogens is 410 g/mol. The fourth-order valence-corrected chi connectivity index (χ4v) is 5.10. The van der Waals surface area contributed by atoms with Crippen LogP contribution in [0.1, 0.15) is 148 Å². The standard InChI is InChI=1S/C29H59NO3/c1-5-6-7-8-9-10-11-12-13-14-15-16-17-18-19-20-21-22-23-24-25-29(33,26-28(31)32)27-30(2,3)4/h33H,5-27H2,1-4H3/p+1. The maximum atomic E-state index is 11.1. The molecule has 0 aromatic heterocycles. The molecule has 0 rings (SSSR count). The maximum Gasteiger partial charge on any atom is 0.306 e. The van der Waals surface area contributed by atoms with Gasteiger partial charge in [0.1, 0.15) is 12.1 Å². The number of likely N-dealkylation sites (N-methyl/N-ethyl adjacent to an activating group) is 1. The van der Waals surface area contributed by atoms with Crippen LogP contribution >= 0.6 is 0 Å².